The van der Waals surface area contributed by atoms with Gasteiger partial charge in [0.2, 0.25) is 0 Å². The highest BCUT2D eigenvalue weighted by Gasteiger charge is 2.40. The van der Waals surface area contributed by atoms with Crippen molar-refractivity contribution in [1.82, 2.24) is 10.2 Å². The number of nitrogens with zero attached hydrogens (tertiary/aromatic N) is 2. The fraction of sp³-hybridized carbons (Fsp3) is 0.611. The molecule has 1 fully saturated rings. The van der Waals surface area contributed by atoms with E-state index in [1.165, 1.54) is 0 Å². The predicted molar refractivity (Wildman–Crippen MR) is 102 cm³/mol. The second-order valence-electron chi connectivity index (χ2n) is 7.21. The van der Waals surface area contributed by atoms with Gasteiger partial charge in [0.25, 0.3) is 0 Å². The van der Waals surface area contributed by atoms with Gasteiger partial charge in [-0.3, -0.25) is 4.99 Å². The molecule has 0 atom stereocenters. The minimum Gasteiger partial charge on any atom is -0.491 e. The summed E-state index contributed by atoms with van der Waals surface area (Å²) in [6, 6.07) is 7.94. The van der Waals surface area contributed by atoms with Crippen LogP contribution in [0.2, 0.25) is 0 Å². The maximum atomic E-state index is 12.2. The average molecular weight is 368 g/mol. The van der Waals surface area contributed by atoms with Gasteiger partial charge in [-0.15, -0.1) is 0 Å². The Hall–Kier alpha value is -1.76. The molecule has 1 N–H and O–H groups in total. The summed E-state index contributed by atoms with van der Waals surface area (Å²) in [5.41, 5.74) is 1.09. The van der Waals surface area contributed by atoms with Crippen molar-refractivity contribution in [3.8, 4) is 5.75 Å². The fourth-order valence-corrected chi connectivity index (χ4v) is 4.20. The van der Waals surface area contributed by atoms with Crippen LogP contribution in [0.25, 0.3) is 0 Å². The van der Waals surface area contributed by atoms with Crippen molar-refractivity contribution in [2.45, 2.75) is 45.1 Å². The molecule has 1 heterocycles. The molecule has 2 rings (SSSR count). The third-order valence-corrected chi connectivity index (χ3v) is 6.81. The molecule has 6 nitrogen and oxygen atoms in total. The molecule has 140 valence electrons. The van der Waals surface area contributed by atoms with Gasteiger partial charge in [0.1, 0.15) is 5.75 Å². The van der Waals surface area contributed by atoms with E-state index in [9.17, 15) is 8.42 Å². The molecule has 1 aliphatic rings. The second kappa shape index (κ2) is 7.64. The van der Waals surface area contributed by atoms with Crippen LogP contribution in [0.15, 0.2) is 29.3 Å². The summed E-state index contributed by atoms with van der Waals surface area (Å²) in [5.74, 6) is 1.71. The van der Waals surface area contributed by atoms with Gasteiger partial charge < -0.3 is 15.0 Å². The van der Waals surface area contributed by atoms with Gasteiger partial charge in [-0.1, -0.05) is 12.1 Å². The van der Waals surface area contributed by atoms with Crippen LogP contribution in [0.1, 0.15) is 33.3 Å². The maximum Gasteiger partial charge on any atom is 0.193 e. The number of rotatable bonds is 4. The van der Waals surface area contributed by atoms with E-state index < -0.39 is 14.6 Å². The lowest BCUT2D eigenvalue weighted by molar-refractivity contribution is 0.242. The van der Waals surface area contributed by atoms with Crippen LogP contribution < -0.4 is 10.1 Å². The Balaban J connectivity index is 2.02. The lowest BCUT2D eigenvalue weighted by atomic mass is 10.2. The van der Waals surface area contributed by atoms with Crippen molar-refractivity contribution in [3.63, 3.8) is 0 Å². The maximum absolute atomic E-state index is 12.2. The number of aliphatic imine (C=N–C) groups is 1. The summed E-state index contributed by atoms with van der Waals surface area (Å²) >= 11 is 0. The molecule has 0 amide bonds. The van der Waals surface area contributed by atoms with Crippen molar-refractivity contribution >= 4 is 15.8 Å². The summed E-state index contributed by atoms with van der Waals surface area (Å²) < 4.78 is 29.3. The Morgan fingerprint density at radius 2 is 2.12 bits per heavy atom. The van der Waals surface area contributed by atoms with Gasteiger partial charge >= 0.3 is 0 Å². The summed E-state index contributed by atoms with van der Waals surface area (Å²) in [4.78, 5) is 6.33. The molecule has 0 unspecified atom stereocenters. The molecular formula is C18H29N3O3S. The van der Waals surface area contributed by atoms with Crippen molar-refractivity contribution in [3.05, 3.63) is 29.8 Å². The zero-order valence-electron chi connectivity index (χ0n) is 15.7. The van der Waals surface area contributed by atoms with E-state index in [1.54, 1.807) is 20.9 Å². The molecule has 1 aliphatic heterocycles. The molecule has 7 heteroatoms. The first-order valence-corrected chi connectivity index (χ1v) is 10.2. The van der Waals surface area contributed by atoms with Crippen LogP contribution in [-0.4, -0.2) is 56.0 Å². The molecule has 1 aromatic carbocycles. The zero-order valence-corrected chi connectivity index (χ0v) is 16.6. The Labute approximate surface area is 151 Å². The second-order valence-corrected chi connectivity index (χ2v) is 9.96. The fourth-order valence-electron chi connectivity index (χ4n) is 2.84. The van der Waals surface area contributed by atoms with E-state index >= 15 is 0 Å². The van der Waals surface area contributed by atoms with Crippen LogP contribution in [0.4, 0.5) is 0 Å². The van der Waals surface area contributed by atoms with E-state index in [0.29, 0.717) is 19.6 Å². The first kappa shape index (κ1) is 19.6. The van der Waals surface area contributed by atoms with Crippen LogP contribution in [0.3, 0.4) is 0 Å². The highest BCUT2D eigenvalue weighted by molar-refractivity contribution is 7.92. The lowest BCUT2D eigenvalue weighted by Crippen LogP contribution is -2.57. The molecule has 0 aliphatic carbocycles. The first-order chi connectivity index (χ1) is 11.6. The lowest BCUT2D eigenvalue weighted by Gasteiger charge is -2.39. The highest BCUT2D eigenvalue weighted by Crippen LogP contribution is 2.23. The van der Waals surface area contributed by atoms with Crippen LogP contribution in [0, 0.1) is 0 Å². The van der Waals surface area contributed by atoms with Gasteiger partial charge in [-0.05, 0) is 45.4 Å². The minimum atomic E-state index is -3.06. The van der Waals surface area contributed by atoms with Gasteiger partial charge in [0, 0.05) is 26.7 Å². The number of guanidine groups is 1. The van der Waals surface area contributed by atoms with Crippen LogP contribution in [-0.2, 0) is 16.4 Å². The first-order valence-electron chi connectivity index (χ1n) is 8.58. The molecular weight excluding hydrogens is 338 g/mol. The zero-order chi connectivity index (χ0) is 18.7. The Bertz CT molecular complexity index is 727. The summed E-state index contributed by atoms with van der Waals surface area (Å²) in [7, 11) is -1.34. The number of benzene rings is 1. The van der Waals surface area contributed by atoms with E-state index in [4.69, 9.17) is 4.74 Å². The summed E-state index contributed by atoms with van der Waals surface area (Å²) in [5, 5.41) is 3.33. The van der Waals surface area contributed by atoms with Gasteiger partial charge in [-0.25, -0.2) is 8.42 Å². The van der Waals surface area contributed by atoms with Crippen molar-refractivity contribution in [1.29, 1.82) is 0 Å². The SMILES string of the molecule is CN=C(NCc1cccc(OC(C)C)c1)N1CCS(=O)(=O)C(C)(C)C1. The van der Waals surface area contributed by atoms with Crippen molar-refractivity contribution in [2.24, 2.45) is 4.99 Å². The molecule has 0 spiro atoms. The minimum absolute atomic E-state index is 0.133. The van der Waals surface area contributed by atoms with E-state index in [-0.39, 0.29) is 11.9 Å². The van der Waals surface area contributed by atoms with Gasteiger partial charge in [-0.2, -0.15) is 0 Å². The quantitative estimate of drug-likeness (QED) is 0.651. The molecule has 1 aromatic rings. The Kier molecular flexibility index (Phi) is 5.98. The Morgan fingerprint density at radius 1 is 1.40 bits per heavy atom. The van der Waals surface area contributed by atoms with Crippen molar-refractivity contribution in [2.75, 3.05) is 25.9 Å². The molecule has 0 radical (unpaired) electrons. The number of sulfone groups is 1. The monoisotopic (exact) mass is 367 g/mol. The normalized spacial score (nSPS) is 19.8. The topological polar surface area (TPSA) is 71.0 Å². The number of hydrogen-bond donors (Lipinski definition) is 1. The third-order valence-electron chi connectivity index (χ3n) is 4.28. The number of nitrogens with one attached hydrogen (secondary N) is 1. The van der Waals surface area contributed by atoms with E-state index in [2.05, 4.69) is 10.3 Å². The van der Waals surface area contributed by atoms with Gasteiger partial charge in [0.15, 0.2) is 15.8 Å². The Morgan fingerprint density at radius 3 is 2.72 bits per heavy atom. The third kappa shape index (κ3) is 4.87. The molecule has 25 heavy (non-hydrogen) atoms. The van der Waals surface area contributed by atoms with Gasteiger partial charge in [0.05, 0.1) is 16.6 Å². The highest BCUT2D eigenvalue weighted by atomic mass is 32.2. The number of hydrogen-bond acceptors (Lipinski definition) is 4. The number of ether oxygens (including phenoxy) is 1. The van der Waals surface area contributed by atoms with Crippen LogP contribution in [0.5, 0.6) is 5.75 Å². The summed E-state index contributed by atoms with van der Waals surface area (Å²) in [6.45, 7) is 9.04. The molecule has 0 saturated carbocycles. The van der Waals surface area contributed by atoms with Crippen molar-refractivity contribution < 1.29 is 13.2 Å². The van der Waals surface area contributed by atoms with E-state index in [1.807, 2.05) is 43.0 Å². The average Bonchev–Trinajstić information content (AvgIpc) is 2.51. The largest absolute Gasteiger partial charge is 0.491 e. The molecule has 1 saturated heterocycles. The van der Waals surface area contributed by atoms with Crippen LogP contribution >= 0.6 is 0 Å². The molecule has 0 aromatic heterocycles. The summed E-state index contributed by atoms with van der Waals surface area (Å²) in [6.07, 6.45) is 0.133. The predicted octanol–water partition coefficient (Wildman–Crippen LogP) is 2.06. The molecule has 0 bridgehead atoms. The smallest absolute Gasteiger partial charge is 0.193 e. The standard InChI is InChI=1S/C18H29N3O3S/c1-14(2)24-16-8-6-7-15(11-16)12-20-17(19-5)21-9-10-25(22,23)18(3,4)13-21/h6-8,11,14H,9-10,12-13H2,1-5H3,(H,19,20). The van der Waals surface area contributed by atoms with E-state index in [0.717, 1.165) is 17.3 Å².